The van der Waals surface area contributed by atoms with Crippen molar-refractivity contribution in [3.63, 3.8) is 0 Å². The summed E-state index contributed by atoms with van der Waals surface area (Å²) < 4.78 is 38.6. The van der Waals surface area contributed by atoms with Crippen molar-refractivity contribution in [3.8, 4) is 0 Å². The first kappa shape index (κ1) is 13.5. The van der Waals surface area contributed by atoms with Crippen LogP contribution in [0.25, 0.3) is 0 Å². The molecule has 88 valence electrons. The molecule has 0 amide bonds. The fraction of sp³-hybridized carbons (Fsp3) is 0.364. The first-order chi connectivity index (χ1) is 7.34. The number of halogens is 4. The molecule has 0 fully saturated rings. The van der Waals surface area contributed by atoms with Crippen LogP contribution in [0.1, 0.15) is 18.1 Å². The number of hydrogen-bond acceptors (Lipinski definition) is 1. The number of carbonyl (C=O) groups excluding carboxylic acids is 1. The normalized spacial score (nSPS) is 13.6. The maximum atomic E-state index is 12.7. The lowest BCUT2D eigenvalue weighted by molar-refractivity contribution is -0.138. The van der Waals surface area contributed by atoms with E-state index in [1.165, 1.54) is 6.07 Å². The number of alkyl halides is 3. The highest BCUT2D eigenvalue weighted by atomic mass is 127. The number of carbonyl (C=O) groups is 1. The number of hydrogen-bond donors (Lipinski definition) is 0. The van der Waals surface area contributed by atoms with Gasteiger partial charge in [0.05, 0.1) is 5.56 Å². The number of benzene rings is 1. The molecule has 0 spiro atoms. The lowest BCUT2D eigenvalue weighted by atomic mass is 9.97. The number of aldehydes is 1. The molecule has 1 aromatic rings. The second-order valence-corrected chi connectivity index (χ2v) is 4.86. The molecular weight excluding hydrogens is 332 g/mol. The second-order valence-electron chi connectivity index (χ2n) is 3.62. The van der Waals surface area contributed by atoms with E-state index in [2.05, 4.69) is 0 Å². The van der Waals surface area contributed by atoms with Crippen molar-refractivity contribution in [2.45, 2.75) is 19.5 Å². The predicted octanol–water partition coefficient (Wildman–Crippen LogP) is 3.69. The minimum Gasteiger partial charge on any atom is -0.303 e. The average molecular weight is 342 g/mol. The standard InChI is InChI=1S/C11H10F3IO/c1-7(6-16)4-8-2-3-9(15)5-10(8)11(12,13)14/h2-3,5-7H,4H2,1H3. The van der Waals surface area contributed by atoms with Gasteiger partial charge < -0.3 is 4.79 Å². The minimum atomic E-state index is -4.36. The van der Waals surface area contributed by atoms with Gasteiger partial charge in [-0.15, -0.1) is 0 Å². The Bertz CT molecular complexity index is 387. The topological polar surface area (TPSA) is 17.1 Å². The zero-order valence-corrected chi connectivity index (χ0v) is 10.7. The fourth-order valence-corrected chi connectivity index (χ4v) is 1.88. The van der Waals surface area contributed by atoms with E-state index in [1.807, 2.05) is 22.6 Å². The highest BCUT2D eigenvalue weighted by Gasteiger charge is 2.33. The van der Waals surface area contributed by atoms with Crippen LogP contribution >= 0.6 is 22.6 Å². The number of rotatable bonds is 3. The van der Waals surface area contributed by atoms with Crippen molar-refractivity contribution in [3.05, 3.63) is 32.9 Å². The Hall–Kier alpha value is -0.590. The summed E-state index contributed by atoms with van der Waals surface area (Å²) in [4.78, 5) is 10.5. The van der Waals surface area contributed by atoms with E-state index in [-0.39, 0.29) is 12.0 Å². The summed E-state index contributed by atoms with van der Waals surface area (Å²) >= 11 is 1.84. The molecule has 0 aliphatic heterocycles. The van der Waals surface area contributed by atoms with E-state index < -0.39 is 17.7 Å². The Kier molecular flexibility index (Phi) is 4.35. The van der Waals surface area contributed by atoms with Gasteiger partial charge in [-0.05, 0) is 46.7 Å². The molecule has 1 unspecified atom stereocenters. The molecule has 16 heavy (non-hydrogen) atoms. The third-order valence-corrected chi connectivity index (χ3v) is 2.82. The van der Waals surface area contributed by atoms with Crippen LogP contribution in [-0.2, 0) is 17.4 Å². The van der Waals surface area contributed by atoms with Crippen LogP contribution in [-0.4, -0.2) is 6.29 Å². The van der Waals surface area contributed by atoms with E-state index in [0.717, 1.165) is 6.07 Å². The molecule has 5 heteroatoms. The molecule has 0 N–H and O–H groups in total. The van der Waals surface area contributed by atoms with E-state index in [1.54, 1.807) is 13.0 Å². The predicted molar refractivity (Wildman–Crippen MR) is 63.1 cm³/mol. The summed E-state index contributed by atoms with van der Waals surface area (Å²) in [5.41, 5.74) is -0.472. The van der Waals surface area contributed by atoms with Crippen LogP contribution in [0.2, 0.25) is 0 Å². The van der Waals surface area contributed by atoms with Crippen LogP contribution in [0.5, 0.6) is 0 Å². The summed E-state index contributed by atoms with van der Waals surface area (Å²) in [7, 11) is 0. The molecule has 0 heterocycles. The Balaban J connectivity index is 3.13. The summed E-state index contributed by atoms with van der Waals surface area (Å²) in [6, 6.07) is 4.15. The molecule has 0 radical (unpaired) electrons. The van der Waals surface area contributed by atoms with Gasteiger partial charge in [0, 0.05) is 9.49 Å². The smallest absolute Gasteiger partial charge is 0.303 e. The van der Waals surface area contributed by atoms with Crippen molar-refractivity contribution in [1.82, 2.24) is 0 Å². The van der Waals surface area contributed by atoms with E-state index in [4.69, 9.17) is 0 Å². The van der Waals surface area contributed by atoms with Gasteiger partial charge in [-0.25, -0.2) is 0 Å². The molecule has 0 aliphatic rings. The van der Waals surface area contributed by atoms with Crippen molar-refractivity contribution in [1.29, 1.82) is 0 Å². The second kappa shape index (κ2) is 5.16. The minimum absolute atomic E-state index is 0.120. The van der Waals surface area contributed by atoms with Gasteiger partial charge >= 0.3 is 6.18 Å². The van der Waals surface area contributed by atoms with Crippen LogP contribution in [0, 0.1) is 9.49 Å². The van der Waals surface area contributed by atoms with Gasteiger partial charge in [-0.1, -0.05) is 13.0 Å². The Morgan fingerprint density at radius 2 is 2.06 bits per heavy atom. The molecule has 0 bridgehead atoms. The van der Waals surface area contributed by atoms with Crippen LogP contribution in [0.15, 0.2) is 18.2 Å². The zero-order valence-electron chi connectivity index (χ0n) is 8.51. The van der Waals surface area contributed by atoms with Crippen molar-refractivity contribution >= 4 is 28.9 Å². The fourth-order valence-electron chi connectivity index (χ4n) is 1.39. The molecule has 1 aromatic carbocycles. The average Bonchev–Trinajstić information content (AvgIpc) is 2.19. The zero-order chi connectivity index (χ0) is 12.3. The SMILES string of the molecule is CC(C=O)Cc1ccc(I)cc1C(F)(F)F. The lowest BCUT2D eigenvalue weighted by Gasteiger charge is -2.14. The molecule has 0 saturated carbocycles. The van der Waals surface area contributed by atoms with Gasteiger partial charge in [-0.3, -0.25) is 0 Å². The first-order valence-corrected chi connectivity index (χ1v) is 5.73. The summed E-state index contributed by atoms with van der Waals surface area (Å²) in [5.74, 6) is -0.402. The van der Waals surface area contributed by atoms with Crippen molar-refractivity contribution in [2.24, 2.45) is 5.92 Å². The summed E-state index contributed by atoms with van der Waals surface area (Å²) in [5, 5.41) is 0. The van der Waals surface area contributed by atoms with E-state index in [0.29, 0.717) is 9.86 Å². The van der Waals surface area contributed by atoms with Crippen molar-refractivity contribution < 1.29 is 18.0 Å². The Morgan fingerprint density at radius 1 is 1.44 bits per heavy atom. The third-order valence-electron chi connectivity index (χ3n) is 2.15. The maximum Gasteiger partial charge on any atom is 0.416 e. The van der Waals surface area contributed by atoms with Gasteiger partial charge in [0.25, 0.3) is 0 Å². The molecular formula is C11H10F3IO. The van der Waals surface area contributed by atoms with Gasteiger partial charge in [-0.2, -0.15) is 13.2 Å². The first-order valence-electron chi connectivity index (χ1n) is 4.65. The molecule has 0 aliphatic carbocycles. The van der Waals surface area contributed by atoms with Gasteiger partial charge in [0.1, 0.15) is 6.29 Å². The summed E-state index contributed by atoms with van der Waals surface area (Å²) in [6.45, 7) is 1.60. The van der Waals surface area contributed by atoms with Crippen LogP contribution < -0.4 is 0 Å². The quantitative estimate of drug-likeness (QED) is 0.605. The molecule has 0 aromatic heterocycles. The largest absolute Gasteiger partial charge is 0.416 e. The molecule has 1 nitrogen and oxygen atoms in total. The third kappa shape index (κ3) is 3.47. The van der Waals surface area contributed by atoms with E-state index in [9.17, 15) is 18.0 Å². The van der Waals surface area contributed by atoms with Crippen LogP contribution in [0.4, 0.5) is 13.2 Å². The molecule has 1 rings (SSSR count). The Morgan fingerprint density at radius 3 is 2.56 bits per heavy atom. The molecule has 0 saturated heterocycles. The maximum absolute atomic E-state index is 12.7. The molecule has 1 atom stereocenters. The van der Waals surface area contributed by atoms with E-state index >= 15 is 0 Å². The van der Waals surface area contributed by atoms with Gasteiger partial charge in [0.15, 0.2) is 0 Å². The van der Waals surface area contributed by atoms with Gasteiger partial charge in [0.2, 0.25) is 0 Å². The van der Waals surface area contributed by atoms with Crippen LogP contribution in [0.3, 0.4) is 0 Å². The highest BCUT2D eigenvalue weighted by Crippen LogP contribution is 2.33. The highest BCUT2D eigenvalue weighted by molar-refractivity contribution is 14.1. The monoisotopic (exact) mass is 342 g/mol. The lowest BCUT2D eigenvalue weighted by Crippen LogP contribution is -2.12. The Labute approximate surface area is 105 Å². The summed E-state index contributed by atoms with van der Waals surface area (Å²) in [6.07, 6.45) is -3.58. The van der Waals surface area contributed by atoms with Crippen molar-refractivity contribution in [2.75, 3.05) is 0 Å².